The van der Waals surface area contributed by atoms with Crippen molar-refractivity contribution in [2.24, 2.45) is 13.0 Å². The van der Waals surface area contributed by atoms with Gasteiger partial charge in [0.05, 0.1) is 11.8 Å². The highest BCUT2D eigenvalue weighted by molar-refractivity contribution is 5.94. The molecule has 0 atom stereocenters. The lowest BCUT2D eigenvalue weighted by molar-refractivity contribution is 0.0701. The molecule has 104 valence electrons. The number of carbonyl (C=O) groups is 1. The largest absolute Gasteiger partial charge is 0.335 e. The average Bonchev–Trinajstić information content (AvgIpc) is 3.18. The standard InChI is InChI=1S/C14H22N4O/c1-17-10-12(8-16-17)14(19)18(13-2-3-13)9-11-4-6-15-7-5-11/h8,10-11,13,15H,2-7,9H2,1H3. The zero-order chi connectivity index (χ0) is 13.2. The highest BCUT2D eigenvalue weighted by Crippen LogP contribution is 2.30. The summed E-state index contributed by atoms with van der Waals surface area (Å²) in [4.78, 5) is 14.7. The molecular formula is C14H22N4O. The summed E-state index contributed by atoms with van der Waals surface area (Å²) in [6, 6.07) is 0.475. The van der Waals surface area contributed by atoms with Crippen LogP contribution in [0.1, 0.15) is 36.0 Å². The third-order valence-corrected chi connectivity index (χ3v) is 4.11. The number of hydrogen-bond acceptors (Lipinski definition) is 3. The van der Waals surface area contributed by atoms with Crippen molar-refractivity contribution in [1.82, 2.24) is 20.0 Å². The van der Waals surface area contributed by atoms with Crippen LogP contribution in [0.2, 0.25) is 0 Å². The van der Waals surface area contributed by atoms with Crippen LogP contribution < -0.4 is 5.32 Å². The van der Waals surface area contributed by atoms with Gasteiger partial charge in [-0.2, -0.15) is 5.10 Å². The molecule has 0 bridgehead atoms. The quantitative estimate of drug-likeness (QED) is 0.881. The van der Waals surface area contributed by atoms with E-state index in [1.165, 1.54) is 12.8 Å². The highest BCUT2D eigenvalue weighted by Gasteiger charge is 2.35. The first-order valence-electron chi connectivity index (χ1n) is 7.24. The average molecular weight is 262 g/mol. The van der Waals surface area contributed by atoms with E-state index in [4.69, 9.17) is 0 Å². The van der Waals surface area contributed by atoms with Crippen LogP contribution in [0.25, 0.3) is 0 Å². The van der Waals surface area contributed by atoms with E-state index in [2.05, 4.69) is 15.3 Å². The molecule has 1 saturated heterocycles. The van der Waals surface area contributed by atoms with Crippen LogP contribution in [-0.2, 0) is 7.05 Å². The lowest BCUT2D eigenvalue weighted by Crippen LogP contribution is -2.40. The minimum absolute atomic E-state index is 0.161. The van der Waals surface area contributed by atoms with Crippen molar-refractivity contribution in [2.75, 3.05) is 19.6 Å². The zero-order valence-corrected chi connectivity index (χ0v) is 11.5. The Balaban J connectivity index is 1.68. The van der Waals surface area contributed by atoms with Gasteiger partial charge in [-0.25, -0.2) is 0 Å². The molecule has 2 heterocycles. The molecule has 1 aliphatic heterocycles. The Morgan fingerprint density at radius 3 is 2.74 bits per heavy atom. The Labute approximate surface area is 114 Å². The Morgan fingerprint density at radius 1 is 1.42 bits per heavy atom. The Bertz CT molecular complexity index is 446. The molecule has 1 saturated carbocycles. The summed E-state index contributed by atoms with van der Waals surface area (Å²) in [5.41, 5.74) is 0.725. The number of carbonyl (C=O) groups excluding carboxylic acids is 1. The lowest BCUT2D eigenvalue weighted by atomic mass is 9.97. The van der Waals surface area contributed by atoms with Crippen molar-refractivity contribution in [2.45, 2.75) is 31.7 Å². The maximum atomic E-state index is 12.6. The monoisotopic (exact) mass is 262 g/mol. The molecule has 2 fully saturated rings. The minimum Gasteiger partial charge on any atom is -0.335 e. The number of nitrogens with one attached hydrogen (secondary N) is 1. The van der Waals surface area contributed by atoms with Gasteiger partial charge in [-0.15, -0.1) is 0 Å². The fourth-order valence-electron chi connectivity index (χ4n) is 2.82. The number of amides is 1. The van der Waals surface area contributed by atoms with Gasteiger partial charge in [0.1, 0.15) is 0 Å². The van der Waals surface area contributed by atoms with Crippen LogP contribution in [0.4, 0.5) is 0 Å². The van der Waals surface area contributed by atoms with Gasteiger partial charge in [0.2, 0.25) is 0 Å². The fourth-order valence-corrected chi connectivity index (χ4v) is 2.82. The van der Waals surface area contributed by atoms with Crippen molar-refractivity contribution in [3.63, 3.8) is 0 Å². The van der Waals surface area contributed by atoms with Gasteiger partial charge >= 0.3 is 0 Å². The Hall–Kier alpha value is -1.36. The molecular weight excluding hydrogens is 240 g/mol. The fraction of sp³-hybridized carbons (Fsp3) is 0.714. The van der Waals surface area contributed by atoms with E-state index >= 15 is 0 Å². The third kappa shape index (κ3) is 2.97. The van der Waals surface area contributed by atoms with E-state index in [1.807, 2.05) is 13.2 Å². The summed E-state index contributed by atoms with van der Waals surface area (Å²) in [6.45, 7) is 3.09. The molecule has 0 unspecified atom stereocenters. The number of aryl methyl sites for hydroxylation is 1. The van der Waals surface area contributed by atoms with Gasteiger partial charge in [-0.1, -0.05) is 0 Å². The molecule has 3 rings (SSSR count). The molecule has 1 amide bonds. The van der Waals surface area contributed by atoms with Crippen molar-refractivity contribution in [3.05, 3.63) is 18.0 Å². The Morgan fingerprint density at radius 2 is 2.16 bits per heavy atom. The summed E-state index contributed by atoms with van der Waals surface area (Å²) in [5, 5.41) is 7.49. The zero-order valence-electron chi connectivity index (χ0n) is 11.5. The molecule has 2 aliphatic rings. The summed E-state index contributed by atoms with van der Waals surface area (Å²) in [7, 11) is 1.85. The van der Waals surface area contributed by atoms with E-state index < -0.39 is 0 Å². The molecule has 0 spiro atoms. The van der Waals surface area contributed by atoms with Crippen LogP contribution in [0.3, 0.4) is 0 Å². The van der Waals surface area contributed by atoms with Crippen LogP contribution >= 0.6 is 0 Å². The van der Waals surface area contributed by atoms with Gasteiger partial charge < -0.3 is 10.2 Å². The molecule has 1 aromatic heterocycles. The second-order valence-corrected chi connectivity index (χ2v) is 5.78. The SMILES string of the molecule is Cn1cc(C(=O)N(CC2CCNCC2)C2CC2)cn1. The van der Waals surface area contributed by atoms with E-state index in [0.717, 1.165) is 38.0 Å². The summed E-state index contributed by atoms with van der Waals surface area (Å²) < 4.78 is 1.70. The minimum atomic E-state index is 0.161. The smallest absolute Gasteiger partial charge is 0.257 e. The van der Waals surface area contributed by atoms with Crippen LogP contribution in [0.5, 0.6) is 0 Å². The van der Waals surface area contributed by atoms with Crippen molar-refractivity contribution >= 4 is 5.91 Å². The number of rotatable bonds is 4. The van der Waals surface area contributed by atoms with Crippen LogP contribution in [-0.4, -0.2) is 46.3 Å². The van der Waals surface area contributed by atoms with Crippen molar-refractivity contribution < 1.29 is 4.79 Å². The molecule has 1 aliphatic carbocycles. The maximum Gasteiger partial charge on any atom is 0.257 e. The molecule has 0 aromatic carbocycles. The molecule has 5 heteroatoms. The topological polar surface area (TPSA) is 50.2 Å². The van der Waals surface area contributed by atoms with Gasteiger partial charge in [-0.05, 0) is 44.7 Å². The first kappa shape index (κ1) is 12.7. The van der Waals surface area contributed by atoms with E-state index in [1.54, 1.807) is 10.9 Å². The van der Waals surface area contributed by atoms with E-state index in [9.17, 15) is 4.79 Å². The first-order valence-corrected chi connectivity index (χ1v) is 7.24. The molecule has 0 radical (unpaired) electrons. The van der Waals surface area contributed by atoms with E-state index in [-0.39, 0.29) is 5.91 Å². The van der Waals surface area contributed by atoms with Crippen LogP contribution in [0, 0.1) is 5.92 Å². The van der Waals surface area contributed by atoms with Gasteiger partial charge in [-0.3, -0.25) is 9.48 Å². The third-order valence-electron chi connectivity index (χ3n) is 4.11. The molecule has 1 N–H and O–H groups in total. The van der Waals surface area contributed by atoms with E-state index in [0.29, 0.717) is 12.0 Å². The highest BCUT2D eigenvalue weighted by atomic mass is 16.2. The molecule has 19 heavy (non-hydrogen) atoms. The number of piperidine rings is 1. The predicted molar refractivity (Wildman–Crippen MR) is 72.9 cm³/mol. The lowest BCUT2D eigenvalue weighted by Gasteiger charge is -2.30. The first-order chi connectivity index (χ1) is 9.24. The van der Waals surface area contributed by atoms with Gasteiger partial charge in [0, 0.05) is 25.8 Å². The summed E-state index contributed by atoms with van der Waals surface area (Å²) in [6.07, 6.45) is 8.20. The second kappa shape index (κ2) is 5.33. The number of hydrogen-bond donors (Lipinski definition) is 1. The predicted octanol–water partition coefficient (Wildman–Crippen LogP) is 1.02. The number of nitrogens with zero attached hydrogens (tertiary/aromatic N) is 3. The van der Waals surface area contributed by atoms with Crippen LogP contribution in [0.15, 0.2) is 12.4 Å². The number of aromatic nitrogens is 2. The summed E-state index contributed by atoms with van der Waals surface area (Å²) in [5.74, 6) is 0.816. The maximum absolute atomic E-state index is 12.6. The van der Waals surface area contributed by atoms with Gasteiger partial charge in [0.15, 0.2) is 0 Å². The second-order valence-electron chi connectivity index (χ2n) is 5.78. The van der Waals surface area contributed by atoms with Crippen molar-refractivity contribution in [1.29, 1.82) is 0 Å². The molecule has 5 nitrogen and oxygen atoms in total. The van der Waals surface area contributed by atoms with Gasteiger partial charge in [0.25, 0.3) is 5.91 Å². The summed E-state index contributed by atoms with van der Waals surface area (Å²) >= 11 is 0. The Kier molecular flexibility index (Phi) is 3.55. The molecule has 1 aromatic rings. The normalized spacial score (nSPS) is 20.5. The van der Waals surface area contributed by atoms with Crippen molar-refractivity contribution in [3.8, 4) is 0 Å².